The molecule has 0 saturated carbocycles. The van der Waals surface area contributed by atoms with Crippen molar-refractivity contribution >= 4 is 17.4 Å². The Labute approximate surface area is 80.3 Å². The molecule has 0 bridgehead atoms. The lowest BCUT2D eigenvalue weighted by Crippen LogP contribution is -1.94. The number of benzene rings is 1. The highest BCUT2D eigenvalue weighted by Gasteiger charge is 2.05. The molecule has 0 radical (unpaired) electrons. The van der Waals surface area contributed by atoms with Crippen molar-refractivity contribution in [3.63, 3.8) is 0 Å². The molecule has 0 atom stereocenters. The van der Waals surface area contributed by atoms with Crippen molar-refractivity contribution in [3.8, 4) is 0 Å². The van der Waals surface area contributed by atoms with E-state index in [1.165, 1.54) is 0 Å². The van der Waals surface area contributed by atoms with Gasteiger partial charge in [-0.3, -0.25) is 0 Å². The highest BCUT2D eigenvalue weighted by molar-refractivity contribution is 7.99. The van der Waals surface area contributed by atoms with Gasteiger partial charge in [0.2, 0.25) is 6.43 Å². The Hall–Kier alpha value is -0.770. The Kier molecular flexibility index (Phi) is 3.54. The van der Waals surface area contributed by atoms with Gasteiger partial charge in [0.05, 0.1) is 5.75 Å². The zero-order chi connectivity index (χ0) is 9.84. The molecule has 0 amide bonds. The van der Waals surface area contributed by atoms with Gasteiger partial charge in [-0.05, 0) is 30.7 Å². The molecule has 0 heterocycles. The minimum absolute atomic E-state index is 0.162. The topological polar surface area (TPSA) is 26.0 Å². The van der Waals surface area contributed by atoms with Gasteiger partial charge < -0.3 is 5.73 Å². The van der Waals surface area contributed by atoms with E-state index in [9.17, 15) is 8.78 Å². The molecule has 0 aliphatic rings. The van der Waals surface area contributed by atoms with Crippen molar-refractivity contribution in [1.82, 2.24) is 0 Å². The van der Waals surface area contributed by atoms with Crippen LogP contribution < -0.4 is 5.73 Å². The lowest BCUT2D eigenvalue weighted by Gasteiger charge is -2.05. The van der Waals surface area contributed by atoms with Gasteiger partial charge in [-0.1, -0.05) is 0 Å². The maximum absolute atomic E-state index is 11.9. The van der Waals surface area contributed by atoms with Crippen LogP contribution >= 0.6 is 11.8 Å². The number of alkyl halides is 2. The average molecular weight is 203 g/mol. The summed E-state index contributed by atoms with van der Waals surface area (Å²) in [6.45, 7) is 1.87. The Morgan fingerprint density at radius 1 is 1.46 bits per heavy atom. The summed E-state index contributed by atoms with van der Waals surface area (Å²) >= 11 is 1.16. The number of aryl methyl sites for hydroxylation is 1. The third-order valence-corrected chi connectivity index (χ3v) is 2.75. The molecular weight excluding hydrogens is 192 g/mol. The van der Waals surface area contributed by atoms with E-state index in [1.807, 2.05) is 6.92 Å². The minimum atomic E-state index is -2.26. The zero-order valence-corrected chi connectivity index (χ0v) is 8.07. The molecule has 1 aromatic rings. The van der Waals surface area contributed by atoms with Gasteiger partial charge in [0.25, 0.3) is 0 Å². The first-order valence-corrected chi connectivity index (χ1v) is 4.85. The number of rotatable bonds is 3. The summed E-state index contributed by atoms with van der Waals surface area (Å²) in [5.41, 5.74) is 7.14. The lowest BCUT2D eigenvalue weighted by molar-refractivity contribution is 0.177. The maximum Gasteiger partial charge on any atom is 0.247 e. The molecule has 0 spiro atoms. The van der Waals surface area contributed by atoms with E-state index in [-0.39, 0.29) is 5.75 Å². The number of thioether (sulfide) groups is 1. The van der Waals surface area contributed by atoms with Crippen molar-refractivity contribution in [2.24, 2.45) is 0 Å². The van der Waals surface area contributed by atoms with Crippen LogP contribution in [0.25, 0.3) is 0 Å². The van der Waals surface area contributed by atoms with Gasteiger partial charge in [-0.2, -0.15) is 0 Å². The molecule has 1 aromatic carbocycles. The fourth-order valence-corrected chi connectivity index (χ4v) is 1.74. The lowest BCUT2D eigenvalue weighted by atomic mass is 10.2. The van der Waals surface area contributed by atoms with Gasteiger partial charge >= 0.3 is 0 Å². The first kappa shape index (κ1) is 10.3. The summed E-state index contributed by atoms with van der Waals surface area (Å²) in [5, 5.41) is 0. The molecule has 2 N–H and O–H groups in total. The summed E-state index contributed by atoms with van der Waals surface area (Å²) in [7, 11) is 0. The van der Waals surface area contributed by atoms with E-state index in [0.717, 1.165) is 22.2 Å². The number of nitrogens with two attached hydrogens (primary N) is 1. The summed E-state index contributed by atoms with van der Waals surface area (Å²) in [4.78, 5) is 0.870. The van der Waals surface area contributed by atoms with E-state index < -0.39 is 6.43 Å². The third-order valence-electron chi connectivity index (χ3n) is 1.56. The van der Waals surface area contributed by atoms with Crippen LogP contribution in [0.2, 0.25) is 0 Å². The van der Waals surface area contributed by atoms with Crippen molar-refractivity contribution in [1.29, 1.82) is 0 Å². The molecule has 0 aromatic heterocycles. The Morgan fingerprint density at radius 2 is 2.15 bits per heavy atom. The first-order chi connectivity index (χ1) is 6.09. The van der Waals surface area contributed by atoms with Crippen molar-refractivity contribution in [2.75, 3.05) is 11.5 Å². The second kappa shape index (κ2) is 4.46. The molecule has 1 rings (SSSR count). The van der Waals surface area contributed by atoms with Crippen LogP contribution in [0.1, 0.15) is 5.56 Å². The number of halogens is 2. The van der Waals surface area contributed by atoms with Gasteiger partial charge in [-0.25, -0.2) is 8.78 Å². The molecule has 0 unspecified atom stereocenters. The molecule has 0 aliphatic carbocycles. The molecular formula is C9H11F2NS. The van der Waals surface area contributed by atoms with Gasteiger partial charge in [0.15, 0.2) is 0 Å². The van der Waals surface area contributed by atoms with Crippen molar-refractivity contribution in [3.05, 3.63) is 23.8 Å². The molecule has 0 aliphatic heterocycles. The maximum atomic E-state index is 11.9. The Balaban J connectivity index is 2.67. The van der Waals surface area contributed by atoms with Crippen LogP contribution in [0.3, 0.4) is 0 Å². The van der Waals surface area contributed by atoms with Crippen molar-refractivity contribution in [2.45, 2.75) is 18.2 Å². The molecule has 1 nitrogen and oxygen atoms in total. The van der Waals surface area contributed by atoms with Crippen LogP contribution in [0.15, 0.2) is 23.1 Å². The molecule has 0 fully saturated rings. The summed E-state index contributed by atoms with van der Waals surface area (Å²) in [6.07, 6.45) is -2.26. The van der Waals surface area contributed by atoms with Gasteiger partial charge in [-0.15, -0.1) is 11.8 Å². The number of anilines is 1. The summed E-state index contributed by atoms with van der Waals surface area (Å²) < 4.78 is 23.8. The molecule has 0 saturated heterocycles. The smallest absolute Gasteiger partial charge is 0.247 e. The predicted octanol–water partition coefficient (Wildman–Crippen LogP) is 2.93. The monoisotopic (exact) mass is 203 g/mol. The largest absolute Gasteiger partial charge is 0.399 e. The Morgan fingerprint density at radius 3 is 2.69 bits per heavy atom. The number of nitrogen functional groups attached to an aromatic ring is 1. The SMILES string of the molecule is Cc1cc(N)ccc1SCC(F)F. The second-order valence-corrected chi connectivity index (χ2v) is 3.79. The average Bonchev–Trinajstić information content (AvgIpc) is 2.02. The molecule has 13 heavy (non-hydrogen) atoms. The predicted molar refractivity (Wildman–Crippen MR) is 52.3 cm³/mol. The first-order valence-electron chi connectivity index (χ1n) is 3.86. The van der Waals surface area contributed by atoms with E-state index in [4.69, 9.17) is 5.73 Å². The summed E-state index contributed by atoms with van der Waals surface area (Å²) in [6, 6.07) is 5.28. The quantitative estimate of drug-likeness (QED) is 0.603. The van der Waals surface area contributed by atoms with E-state index in [1.54, 1.807) is 18.2 Å². The molecule has 72 valence electrons. The zero-order valence-electron chi connectivity index (χ0n) is 7.26. The van der Waals surface area contributed by atoms with Crippen LogP contribution in [0.4, 0.5) is 14.5 Å². The second-order valence-electron chi connectivity index (χ2n) is 2.73. The summed E-state index contributed by atoms with van der Waals surface area (Å²) in [5.74, 6) is -0.162. The van der Waals surface area contributed by atoms with Crippen LogP contribution in [-0.2, 0) is 0 Å². The minimum Gasteiger partial charge on any atom is -0.399 e. The van der Waals surface area contributed by atoms with Crippen molar-refractivity contribution < 1.29 is 8.78 Å². The Bertz CT molecular complexity index is 289. The van der Waals surface area contributed by atoms with Crippen LogP contribution in [0.5, 0.6) is 0 Å². The standard InChI is InChI=1S/C9H11F2NS/c1-6-4-7(12)2-3-8(6)13-5-9(10)11/h2-4,9H,5,12H2,1H3. The van der Waals surface area contributed by atoms with E-state index in [2.05, 4.69) is 0 Å². The molecule has 4 heteroatoms. The highest BCUT2D eigenvalue weighted by atomic mass is 32.2. The van der Waals surface area contributed by atoms with Crippen LogP contribution in [0, 0.1) is 6.92 Å². The fraction of sp³-hybridized carbons (Fsp3) is 0.333. The van der Waals surface area contributed by atoms with Crippen LogP contribution in [-0.4, -0.2) is 12.2 Å². The van der Waals surface area contributed by atoms with Gasteiger partial charge in [0, 0.05) is 10.6 Å². The number of hydrogen-bond acceptors (Lipinski definition) is 2. The highest BCUT2D eigenvalue weighted by Crippen LogP contribution is 2.25. The number of hydrogen-bond donors (Lipinski definition) is 1. The third kappa shape index (κ3) is 3.22. The van der Waals surface area contributed by atoms with E-state index in [0.29, 0.717) is 5.69 Å². The van der Waals surface area contributed by atoms with Gasteiger partial charge in [0.1, 0.15) is 0 Å². The van der Waals surface area contributed by atoms with E-state index >= 15 is 0 Å². The fourth-order valence-electron chi connectivity index (χ4n) is 0.987. The normalized spacial score (nSPS) is 10.8.